The molecule has 0 aromatic heterocycles. The summed E-state index contributed by atoms with van der Waals surface area (Å²) in [5, 5.41) is 2.96. The number of carbonyl (C=O) groups is 2. The van der Waals surface area contributed by atoms with Gasteiger partial charge in [-0.05, 0) is 47.7 Å². The Kier molecular flexibility index (Phi) is 5.14. The summed E-state index contributed by atoms with van der Waals surface area (Å²) >= 11 is 12.9. The topological polar surface area (TPSA) is 55.4 Å². The van der Waals surface area contributed by atoms with Crippen molar-refractivity contribution in [1.29, 1.82) is 0 Å². The molecule has 1 saturated heterocycles. The lowest BCUT2D eigenvalue weighted by atomic mass is 10.2. The molecule has 1 aliphatic rings. The van der Waals surface area contributed by atoms with Crippen LogP contribution in [0, 0.1) is 0 Å². The third kappa shape index (κ3) is 4.12. The van der Waals surface area contributed by atoms with E-state index in [4.69, 9.17) is 27.9 Å². The first kappa shape index (κ1) is 16.9. The van der Waals surface area contributed by atoms with E-state index in [0.717, 1.165) is 22.9 Å². The first-order valence-corrected chi connectivity index (χ1v) is 8.50. The first-order chi connectivity index (χ1) is 11.5. The number of nitrogens with one attached hydrogen (secondary N) is 1. The maximum absolute atomic E-state index is 11.6. The van der Waals surface area contributed by atoms with Crippen LogP contribution < -0.4 is 10.1 Å². The summed E-state index contributed by atoms with van der Waals surface area (Å²) in [6, 6.07) is 12.4. The average Bonchev–Trinajstić information content (AvgIpc) is 2.84. The van der Waals surface area contributed by atoms with Gasteiger partial charge in [0.25, 0.3) is 11.1 Å². The molecular formula is C17H11Cl2NO3S. The maximum atomic E-state index is 11.6. The van der Waals surface area contributed by atoms with Gasteiger partial charge in [-0.3, -0.25) is 14.9 Å². The Morgan fingerprint density at radius 1 is 1.12 bits per heavy atom. The predicted molar refractivity (Wildman–Crippen MR) is 96.3 cm³/mol. The zero-order valence-electron chi connectivity index (χ0n) is 12.2. The van der Waals surface area contributed by atoms with Crippen molar-refractivity contribution in [3.8, 4) is 5.75 Å². The molecule has 1 heterocycles. The van der Waals surface area contributed by atoms with Crippen LogP contribution in [0.4, 0.5) is 4.79 Å². The van der Waals surface area contributed by atoms with Crippen molar-refractivity contribution < 1.29 is 14.3 Å². The number of hydrogen-bond donors (Lipinski definition) is 1. The highest BCUT2D eigenvalue weighted by atomic mass is 35.5. The van der Waals surface area contributed by atoms with Gasteiger partial charge in [-0.25, -0.2) is 0 Å². The highest BCUT2D eigenvalue weighted by Crippen LogP contribution is 2.27. The number of ether oxygens (including phenoxy) is 1. The van der Waals surface area contributed by atoms with Crippen molar-refractivity contribution in [3.05, 3.63) is 68.5 Å². The Morgan fingerprint density at radius 3 is 2.67 bits per heavy atom. The van der Waals surface area contributed by atoms with Gasteiger partial charge in [0, 0.05) is 15.6 Å². The van der Waals surface area contributed by atoms with Crippen LogP contribution in [0.5, 0.6) is 5.75 Å². The summed E-state index contributed by atoms with van der Waals surface area (Å²) in [5.41, 5.74) is 1.59. The summed E-state index contributed by atoms with van der Waals surface area (Å²) in [6.45, 7) is 0.295. The fourth-order valence-electron chi connectivity index (χ4n) is 2.07. The lowest BCUT2D eigenvalue weighted by Gasteiger charge is -2.09. The van der Waals surface area contributed by atoms with E-state index in [0.29, 0.717) is 27.3 Å². The van der Waals surface area contributed by atoms with Crippen molar-refractivity contribution in [1.82, 2.24) is 5.32 Å². The molecule has 3 rings (SSSR count). The summed E-state index contributed by atoms with van der Waals surface area (Å²) in [5.74, 6) is 0.245. The Labute approximate surface area is 152 Å². The van der Waals surface area contributed by atoms with E-state index in [1.165, 1.54) is 0 Å². The van der Waals surface area contributed by atoms with Gasteiger partial charge in [0.2, 0.25) is 0 Å². The molecule has 2 amide bonds. The van der Waals surface area contributed by atoms with Crippen LogP contribution in [0.3, 0.4) is 0 Å². The van der Waals surface area contributed by atoms with Gasteiger partial charge in [0.05, 0.1) is 4.91 Å². The Balaban J connectivity index is 1.73. The first-order valence-electron chi connectivity index (χ1n) is 6.93. The Morgan fingerprint density at radius 2 is 1.96 bits per heavy atom. The van der Waals surface area contributed by atoms with Crippen molar-refractivity contribution in [2.45, 2.75) is 6.61 Å². The van der Waals surface area contributed by atoms with Gasteiger partial charge < -0.3 is 4.74 Å². The van der Waals surface area contributed by atoms with E-state index in [-0.39, 0.29) is 11.1 Å². The number of imide groups is 1. The smallest absolute Gasteiger partial charge is 0.290 e. The van der Waals surface area contributed by atoms with Crippen molar-refractivity contribution >= 4 is 52.2 Å². The van der Waals surface area contributed by atoms with Crippen LogP contribution >= 0.6 is 35.0 Å². The highest BCUT2D eigenvalue weighted by molar-refractivity contribution is 8.18. The minimum absolute atomic E-state index is 0.295. The number of carbonyl (C=O) groups excluding carboxylic acids is 2. The van der Waals surface area contributed by atoms with Crippen LogP contribution in [-0.4, -0.2) is 11.1 Å². The van der Waals surface area contributed by atoms with Crippen LogP contribution in [-0.2, 0) is 11.4 Å². The van der Waals surface area contributed by atoms with Crippen molar-refractivity contribution in [2.75, 3.05) is 0 Å². The molecule has 0 atom stereocenters. The summed E-state index contributed by atoms with van der Waals surface area (Å²) in [4.78, 5) is 23.1. The molecule has 2 aromatic carbocycles. The number of halogens is 2. The molecule has 1 aliphatic heterocycles. The van der Waals surface area contributed by atoms with Crippen LogP contribution in [0.15, 0.2) is 47.4 Å². The summed E-state index contributed by atoms with van der Waals surface area (Å²) in [6.07, 6.45) is 1.65. The van der Waals surface area contributed by atoms with Crippen LogP contribution in [0.2, 0.25) is 10.0 Å². The monoisotopic (exact) mass is 379 g/mol. The Bertz CT molecular complexity index is 851. The van der Waals surface area contributed by atoms with Gasteiger partial charge >= 0.3 is 0 Å². The van der Waals surface area contributed by atoms with Gasteiger partial charge in [-0.1, -0.05) is 41.4 Å². The minimum Gasteiger partial charge on any atom is -0.489 e. The quantitative estimate of drug-likeness (QED) is 0.767. The molecule has 2 aromatic rings. The fraction of sp³-hybridized carbons (Fsp3) is 0.0588. The molecule has 0 spiro atoms. The SMILES string of the molecule is O=C1NC(=O)/C(=C\c2cccc(OCc3ccc(Cl)cc3Cl)c2)S1. The summed E-state index contributed by atoms with van der Waals surface area (Å²) < 4.78 is 5.73. The predicted octanol–water partition coefficient (Wildman–Crippen LogP) is 4.90. The lowest BCUT2D eigenvalue weighted by Crippen LogP contribution is -2.17. The van der Waals surface area contributed by atoms with E-state index >= 15 is 0 Å². The molecule has 7 heteroatoms. The maximum Gasteiger partial charge on any atom is 0.290 e. The largest absolute Gasteiger partial charge is 0.489 e. The number of hydrogen-bond acceptors (Lipinski definition) is 4. The van der Waals surface area contributed by atoms with E-state index in [1.54, 1.807) is 30.3 Å². The van der Waals surface area contributed by atoms with Gasteiger partial charge in [-0.2, -0.15) is 0 Å². The number of rotatable bonds is 4. The minimum atomic E-state index is -0.385. The summed E-state index contributed by atoms with van der Waals surface area (Å²) in [7, 11) is 0. The molecule has 1 fully saturated rings. The third-order valence-corrected chi connectivity index (χ3v) is 4.60. The number of amides is 2. The van der Waals surface area contributed by atoms with Crippen LogP contribution in [0.1, 0.15) is 11.1 Å². The highest BCUT2D eigenvalue weighted by Gasteiger charge is 2.24. The third-order valence-electron chi connectivity index (χ3n) is 3.21. The van der Waals surface area contributed by atoms with Gasteiger partial charge in [-0.15, -0.1) is 0 Å². The molecule has 4 nitrogen and oxygen atoms in total. The number of benzene rings is 2. The van der Waals surface area contributed by atoms with Gasteiger partial charge in [0.1, 0.15) is 12.4 Å². The Hall–Kier alpha value is -1.95. The van der Waals surface area contributed by atoms with Crippen molar-refractivity contribution in [2.24, 2.45) is 0 Å². The van der Waals surface area contributed by atoms with E-state index in [9.17, 15) is 9.59 Å². The average molecular weight is 380 g/mol. The normalized spacial score (nSPS) is 15.7. The zero-order chi connectivity index (χ0) is 17.1. The second-order valence-electron chi connectivity index (χ2n) is 4.95. The molecule has 24 heavy (non-hydrogen) atoms. The van der Waals surface area contributed by atoms with E-state index < -0.39 is 0 Å². The van der Waals surface area contributed by atoms with E-state index in [1.807, 2.05) is 18.2 Å². The second-order valence-corrected chi connectivity index (χ2v) is 6.81. The molecule has 1 N–H and O–H groups in total. The molecule has 122 valence electrons. The lowest BCUT2D eigenvalue weighted by molar-refractivity contribution is -0.115. The number of thioether (sulfide) groups is 1. The van der Waals surface area contributed by atoms with E-state index in [2.05, 4.69) is 5.32 Å². The molecule has 0 radical (unpaired) electrons. The molecule has 0 unspecified atom stereocenters. The van der Waals surface area contributed by atoms with Crippen molar-refractivity contribution in [3.63, 3.8) is 0 Å². The molecular weight excluding hydrogens is 369 g/mol. The van der Waals surface area contributed by atoms with Gasteiger partial charge in [0.15, 0.2) is 0 Å². The fourth-order valence-corrected chi connectivity index (χ4v) is 3.21. The zero-order valence-corrected chi connectivity index (χ0v) is 14.5. The standard InChI is InChI=1S/C17H11Cl2NO3S/c18-12-5-4-11(14(19)8-12)9-23-13-3-1-2-10(6-13)7-15-16(21)20-17(22)24-15/h1-8H,9H2,(H,20,21,22)/b15-7+. The molecule has 0 saturated carbocycles. The molecule has 0 aliphatic carbocycles. The molecule has 0 bridgehead atoms. The second kappa shape index (κ2) is 7.30. The van der Waals surface area contributed by atoms with Crippen LogP contribution in [0.25, 0.3) is 6.08 Å².